The molecule has 1 unspecified atom stereocenters. The van der Waals surface area contributed by atoms with E-state index < -0.39 is 0 Å². The molecule has 1 saturated heterocycles. The van der Waals surface area contributed by atoms with Crippen molar-refractivity contribution in [3.05, 3.63) is 11.7 Å². The van der Waals surface area contributed by atoms with Gasteiger partial charge in [-0.15, -0.1) is 0 Å². The number of rotatable bonds is 3. The van der Waals surface area contributed by atoms with Crippen molar-refractivity contribution in [3.63, 3.8) is 0 Å². The van der Waals surface area contributed by atoms with E-state index in [0.29, 0.717) is 17.6 Å². The Kier molecular flexibility index (Phi) is 2.79. The van der Waals surface area contributed by atoms with E-state index in [-0.39, 0.29) is 6.61 Å². The van der Waals surface area contributed by atoms with Crippen LogP contribution in [0, 0.1) is 0 Å². The summed E-state index contributed by atoms with van der Waals surface area (Å²) in [5.74, 6) is 1.41. The van der Waals surface area contributed by atoms with Gasteiger partial charge in [0, 0.05) is 6.54 Å². The Morgan fingerprint density at radius 3 is 3.07 bits per heavy atom. The van der Waals surface area contributed by atoms with Gasteiger partial charge < -0.3 is 14.5 Å². The molecule has 0 saturated carbocycles. The molecule has 2 heterocycles. The van der Waals surface area contributed by atoms with Gasteiger partial charge in [0.1, 0.15) is 6.61 Å². The van der Waals surface area contributed by atoms with Crippen LogP contribution >= 0.6 is 0 Å². The summed E-state index contributed by atoms with van der Waals surface area (Å²) >= 11 is 0. The van der Waals surface area contributed by atoms with E-state index in [9.17, 15) is 0 Å². The average Bonchev–Trinajstić information content (AvgIpc) is 2.86. The highest BCUT2D eigenvalue weighted by Crippen LogP contribution is 2.25. The standard InChI is InChI=1S/C9H15N3O2/c1-2-12-4-3-7(5-12)9-10-8(6-13)11-14-9/h7,13H,2-6H2,1H3. The van der Waals surface area contributed by atoms with Crippen molar-refractivity contribution in [1.82, 2.24) is 15.0 Å². The summed E-state index contributed by atoms with van der Waals surface area (Å²) in [6, 6.07) is 0. The zero-order chi connectivity index (χ0) is 9.97. The van der Waals surface area contributed by atoms with E-state index in [1.807, 2.05) is 0 Å². The lowest BCUT2D eigenvalue weighted by Crippen LogP contribution is -2.19. The molecule has 14 heavy (non-hydrogen) atoms. The molecule has 1 N–H and O–H groups in total. The summed E-state index contributed by atoms with van der Waals surface area (Å²) in [7, 11) is 0. The van der Waals surface area contributed by atoms with Gasteiger partial charge in [-0.25, -0.2) is 0 Å². The average molecular weight is 197 g/mol. The zero-order valence-electron chi connectivity index (χ0n) is 8.31. The second-order valence-electron chi connectivity index (χ2n) is 3.59. The van der Waals surface area contributed by atoms with Crippen molar-refractivity contribution in [2.75, 3.05) is 19.6 Å². The first-order valence-corrected chi connectivity index (χ1v) is 4.99. The number of hydrogen-bond donors (Lipinski definition) is 1. The minimum atomic E-state index is -0.145. The number of likely N-dealkylation sites (N-methyl/N-ethyl adjacent to an activating group) is 1. The van der Waals surface area contributed by atoms with Crippen molar-refractivity contribution in [1.29, 1.82) is 0 Å². The van der Waals surface area contributed by atoms with Crippen molar-refractivity contribution in [3.8, 4) is 0 Å². The van der Waals surface area contributed by atoms with Crippen LogP contribution in [0.1, 0.15) is 31.0 Å². The Hall–Kier alpha value is -0.940. The molecular weight excluding hydrogens is 182 g/mol. The highest BCUT2D eigenvalue weighted by Gasteiger charge is 2.27. The molecule has 0 bridgehead atoms. The van der Waals surface area contributed by atoms with Crippen LogP contribution in [0.3, 0.4) is 0 Å². The van der Waals surface area contributed by atoms with Crippen LogP contribution < -0.4 is 0 Å². The largest absolute Gasteiger partial charge is 0.388 e. The predicted molar refractivity (Wildman–Crippen MR) is 49.7 cm³/mol. The second-order valence-corrected chi connectivity index (χ2v) is 3.59. The van der Waals surface area contributed by atoms with Crippen LogP contribution in [0.25, 0.3) is 0 Å². The maximum atomic E-state index is 8.80. The van der Waals surface area contributed by atoms with E-state index in [0.717, 1.165) is 26.1 Å². The molecule has 1 aromatic heterocycles. The fraction of sp³-hybridized carbons (Fsp3) is 0.778. The Morgan fingerprint density at radius 1 is 1.64 bits per heavy atom. The summed E-state index contributed by atoms with van der Waals surface area (Å²) in [6.45, 7) is 5.15. The molecule has 0 radical (unpaired) electrons. The maximum absolute atomic E-state index is 8.80. The minimum Gasteiger partial charge on any atom is -0.388 e. The molecule has 1 fully saturated rings. The molecule has 5 heteroatoms. The SMILES string of the molecule is CCN1CCC(c2nc(CO)no2)C1. The van der Waals surface area contributed by atoms with Crippen molar-refractivity contribution >= 4 is 0 Å². The molecule has 5 nitrogen and oxygen atoms in total. The Bertz CT molecular complexity index is 300. The fourth-order valence-corrected chi connectivity index (χ4v) is 1.82. The highest BCUT2D eigenvalue weighted by atomic mass is 16.5. The molecule has 0 spiro atoms. The van der Waals surface area contributed by atoms with Gasteiger partial charge in [0.15, 0.2) is 5.82 Å². The van der Waals surface area contributed by atoms with Crippen molar-refractivity contribution < 1.29 is 9.63 Å². The molecule has 0 aliphatic carbocycles. The lowest BCUT2D eigenvalue weighted by molar-refractivity contribution is 0.261. The van der Waals surface area contributed by atoms with Crippen molar-refractivity contribution in [2.45, 2.75) is 25.9 Å². The van der Waals surface area contributed by atoms with Gasteiger partial charge >= 0.3 is 0 Å². The number of nitrogens with zero attached hydrogens (tertiary/aromatic N) is 3. The molecule has 78 valence electrons. The highest BCUT2D eigenvalue weighted by molar-refractivity contribution is 4.98. The minimum absolute atomic E-state index is 0.145. The fourth-order valence-electron chi connectivity index (χ4n) is 1.82. The first-order valence-electron chi connectivity index (χ1n) is 4.99. The Morgan fingerprint density at radius 2 is 2.50 bits per heavy atom. The molecule has 1 atom stereocenters. The van der Waals surface area contributed by atoms with Crippen LogP contribution in [0.15, 0.2) is 4.52 Å². The third-order valence-electron chi connectivity index (χ3n) is 2.69. The predicted octanol–water partition coefficient (Wildman–Crippen LogP) is 0.371. The summed E-state index contributed by atoms with van der Waals surface area (Å²) < 4.78 is 5.08. The molecule has 0 aromatic carbocycles. The van der Waals surface area contributed by atoms with Crippen LogP contribution in [0.5, 0.6) is 0 Å². The van der Waals surface area contributed by atoms with Crippen LogP contribution in [0.2, 0.25) is 0 Å². The van der Waals surface area contributed by atoms with E-state index in [4.69, 9.17) is 9.63 Å². The van der Waals surface area contributed by atoms with Crippen LogP contribution in [-0.2, 0) is 6.61 Å². The van der Waals surface area contributed by atoms with Gasteiger partial charge in [-0.1, -0.05) is 12.1 Å². The van der Waals surface area contributed by atoms with Gasteiger partial charge in [0.05, 0.1) is 5.92 Å². The lowest BCUT2D eigenvalue weighted by atomic mass is 10.1. The maximum Gasteiger partial charge on any atom is 0.231 e. The first-order chi connectivity index (χ1) is 6.83. The quantitative estimate of drug-likeness (QED) is 0.758. The van der Waals surface area contributed by atoms with Crippen LogP contribution in [-0.4, -0.2) is 39.8 Å². The van der Waals surface area contributed by atoms with Crippen molar-refractivity contribution in [2.24, 2.45) is 0 Å². The Balaban J connectivity index is 2.02. The number of aliphatic hydroxyl groups excluding tert-OH is 1. The van der Waals surface area contributed by atoms with Gasteiger partial charge in [-0.05, 0) is 19.5 Å². The second kappa shape index (κ2) is 4.06. The molecule has 1 aromatic rings. The monoisotopic (exact) mass is 197 g/mol. The topological polar surface area (TPSA) is 62.4 Å². The van der Waals surface area contributed by atoms with Gasteiger partial charge in [0.2, 0.25) is 5.89 Å². The lowest BCUT2D eigenvalue weighted by Gasteiger charge is -2.10. The van der Waals surface area contributed by atoms with Gasteiger partial charge in [-0.2, -0.15) is 4.98 Å². The number of aromatic nitrogens is 2. The van der Waals surface area contributed by atoms with Crippen LogP contribution in [0.4, 0.5) is 0 Å². The summed E-state index contributed by atoms with van der Waals surface area (Å²) in [6.07, 6.45) is 1.07. The van der Waals surface area contributed by atoms with E-state index in [1.54, 1.807) is 0 Å². The number of hydrogen-bond acceptors (Lipinski definition) is 5. The normalized spacial score (nSPS) is 23.1. The molecule has 1 aliphatic rings. The van der Waals surface area contributed by atoms with E-state index in [2.05, 4.69) is 22.0 Å². The smallest absolute Gasteiger partial charge is 0.231 e. The van der Waals surface area contributed by atoms with Gasteiger partial charge in [0.25, 0.3) is 0 Å². The van der Waals surface area contributed by atoms with Gasteiger partial charge in [-0.3, -0.25) is 0 Å². The molecule has 0 amide bonds. The zero-order valence-corrected chi connectivity index (χ0v) is 8.31. The summed E-state index contributed by atoms with van der Waals surface area (Å²) in [4.78, 5) is 6.48. The van der Waals surface area contributed by atoms with E-state index >= 15 is 0 Å². The van der Waals surface area contributed by atoms with E-state index in [1.165, 1.54) is 0 Å². The first kappa shape index (κ1) is 9.61. The summed E-state index contributed by atoms with van der Waals surface area (Å²) in [5.41, 5.74) is 0. The molecule has 1 aliphatic heterocycles. The third-order valence-corrected chi connectivity index (χ3v) is 2.69. The molecular formula is C9H15N3O2. The Labute approximate surface area is 82.7 Å². The summed E-state index contributed by atoms with van der Waals surface area (Å²) in [5, 5.41) is 12.5. The third kappa shape index (κ3) is 1.78. The number of aliphatic hydroxyl groups is 1. The molecule has 2 rings (SSSR count). The number of likely N-dealkylation sites (tertiary alicyclic amines) is 1.